The summed E-state index contributed by atoms with van der Waals surface area (Å²) >= 11 is 0. The van der Waals surface area contributed by atoms with Crippen molar-refractivity contribution in [2.45, 2.75) is 96.6 Å². The highest BCUT2D eigenvalue weighted by molar-refractivity contribution is 7.87. The number of aliphatic carboxylic acids is 1. The first-order valence-electron chi connectivity index (χ1n) is 29.6. The van der Waals surface area contributed by atoms with E-state index in [0.717, 1.165) is 12.1 Å². The molecule has 0 aromatic heterocycles. The summed E-state index contributed by atoms with van der Waals surface area (Å²) < 4.78 is 241. The summed E-state index contributed by atoms with van der Waals surface area (Å²) in [4.78, 5) is 9.43. The highest BCUT2D eigenvalue weighted by Gasteiger charge is 2.49. The SMILES string of the molecule is C.COCCOCCOCCOCCOCC[N+]1=C(/C=C/C=C/C=C2/N(CCCCCC(=O)O)c3ccc4c(S(=O)(=O)[O-])cc(S(=O)(=O)[O-])cc4c3C2(C)CCOCCOCCOCCOC)C(C)(CCCS(=O)(=O)[O-])c2c1ccc1c(S(=O)(=O)[O-])cc(S(=O)(=O)[O-])cc21. The van der Waals surface area contributed by atoms with E-state index in [0.29, 0.717) is 106 Å². The lowest BCUT2D eigenvalue weighted by atomic mass is 9.74. The second-order valence-electron chi connectivity index (χ2n) is 22.0. The van der Waals surface area contributed by atoms with Crippen LogP contribution < -0.4 is 4.90 Å². The molecule has 6 rings (SSSR count). The van der Waals surface area contributed by atoms with Gasteiger partial charge in [-0.15, -0.1) is 0 Å². The molecular formula is C61H82N2O26S5-4. The van der Waals surface area contributed by atoms with Crippen LogP contribution in [-0.2, 0) is 109 Å². The van der Waals surface area contributed by atoms with Crippen LogP contribution >= 0.6 is 0 Å². The first-order valence-corrected chi connectivity index (χ1v) is 36.8. The van der Waals surface area contributed by atoms with Gasteiger partial charge in [0, 0.05) is 79.4 Å². The lowest BCUT2D eigenvalue weighted by Crippen LogP contribution is -2.33. The molecule has 0 spiro atoms. The fourth-order valence-corrected chi connectivity index (χ4v) is 14.5. The minimum atomic E-state index is -5.47. The lowest BCUT2D eigenvalue weighted by molar-refractivity contribution is -0.442. The predicted molar refractivity (Wildman–Crippen MR) is 339 cm³/mol. The number of carboxylic acids is 1. The number of carbonyl (C=O) groups is 1. The van der Waals surface area contributed by atoms with Crippen LogP contribution in [0.5, 0.6) is 0 Å². The standard InChI is InChI=1S/C60H82N2O26S5.CH4/c1-59(19-11-39-89(65,66)67)54(62(22-24-83-30-32-87-37-38-88-36-34-85-28-26-81-4)51-18-16-46-48(57(51)59)40-44(90(68,69)70)42-52(46)92(74,75)76)12-7-5-8-13-55-60(2,20-23-82-29-31-86-35-33-84-27-25-80-3)58-49-41-45(91(71,72)73)43-53(93(77,78)79)47(49)15-17-50(58)61(55)21-10-6-9-14-56(63)64;/h5,7-8,12-13,15-18,40-43H,6,9-11,14,19-39H2,1-4H3,(H5-,63,64,65,66,67,68,69,70,71,72,73,74,75,76,77,78,79);1H4/p-4. The van der Waals surface area contributed by atoms with Crippen LogP contribution in [-0.4, -0.2) is 225 Å². The Morgan fingerprint density at radius 1 is 0.521 bits per heavy atom. The Hall–Kier alpha value is -5.25. The Bertz CT molecular complexity index is 3970. The Balaban J connectivity index is 0.0000160. The van der Waals surface area contributed by atoms with E-state index in [1.54, 1.807) is 69.1 Å². The summed E-state index contributed by atoms with van der Waals surface area (Å²) in [5, 5.41) is 8.83. The van der Waals surface area contributed by atoms with Gasteiger partial charge in [-0.05, 0) is 110 Å². The number of rotatable bonds is 44. The van der Waals surface area contributed by atoms with Gasteiger partial charge in [-0.2, -0.15) is 4.58 Å². The molecule has 526 valence electrons. The van der Waals surface area contributed by atoms with E-state index in [2.05, 4.69) is 0 Å². The number of allylic oxidation sites excluding steroid dienone is 6. The summed E-state index contributed by atoms with van der Waals surface area (Å²) in [7, 11) is -23.4. The fourth-order valence-electron chi connectivity index (χ4n) is 11.4. The third kappa shape index (κ3) is 21.9. The number of fused-ring (bicyclic) bond motifs is 6. The van der Waals surface area contributed by atoms with Crippen molar-refractivity contribution in [1.82, 2.24) is 0 Å². The highest BCUT2D eigenvalue weighted by atomic mass is 32.2. The molecule has 4 aromatic rings. The van der Waals surface area contributed by atoms with E-state index in [-0.39, 0.29) is 133 Å². The van der Waals surface area contributed by atoms with Crippen molar-refractivity contribution < 1.29 is 122 Å². The maximum Gasteiger partial charge on any atom is 0.303 e. The number of hydrogen-bond donors (Lipinski definition) is 1. The molecule has 2 unspecified atom stereocenters. The average molecular weight is 1420 g/mol. The van der Waals surface area contributed by atoms with Gasteiger partial charge in [0.2, 0.25) is 5.69 Å². The minimum Gasteiger partial charge on any atom is -0.748 e. The largest absolute Gasteiger partial charge is 0.748 e. The zero-order valence-electron chi connectivity index (χ0n) is 52.0. The molecule has 4 aromatic carbocycles. The Morgan fingerprint density at radius 3 is 1.46 bits per heavy atom. The molecule has 0 aliphatic carbocycles. The van der Waals surface area contributed by atoms with Gasteiger partial charge in [0.05, 0.1) is 128 Å². The van der Waals surface area contributed by atoms with Crippen molar-refractivity contribution in [3.05, 3.63) is 95.7 Å². The molecule has 0 fully saturated rings. The maximum atomic E-state index is 12.9. The number of carboxylic acid groups (broad SMARTS) is 1. The minimum absolute atomic E-state index is 0. The van der Waals surface area contributed by atoms with Crippen LogP contribution in [0.25, 0.3) is 21.5 Å². The number of methoxy groups -OCH3 is 2. The zero-order chi connectivity index (χ0) is 68.3. The van der Waals surface area contributed by atoms with Crippen LogP contribution in [0.1, 0.15) is 77.3 Å². The fraction of sp³-hybridized carbons (Fsp3) is 0.541. The average Bonchev–Trinajstić information content (AvgIpc) is 1.53. The molecule has 2 heterocycles. The van der Waals surface area contributed by atoms with Gasteiger partial charge >= 0.3 is 5.97 Å². The van der Waals surface area contributed by atoms with Gasteiger partial charge < -0.3 is 75.4 Å². The first-order chi connectivity index (χ1) is 43.9. The summed E-state index contributed by atoms with van der Waals surface area (Å²) in [6, 6.07) is 8.63. The van der Waals surface area contributed by atoms with Crippen molar-refractivity contribution in [3.63, 3.8) is 0 Å². The normalized spacial score (nSPS) is 17.6. The van der Waals surface area contributed by atoms with Crippen LogP contribution in [0.4, 0.5) is 11.4 Å². The zero-order valence-corrected chi connectivity index (χ0v) is 56.1. The first kappa shape index (κ1) is 79.4. The molecule has 0 radical (unpaired) electrons. The van der Waals surface area contributed by atoms with Gasteiger partial charge in [0.1, 0.15) is 47.1 Å². The second kappa shape index (κ2) is 35.8. The van der Waals surface area contributed by atoms with Crippen molar-refractivity contribution in [3.8, 4) is 0 Å². The van der Waals surface area contributed by atoms with Gasteiger partial charge in [-0.3, -0.25) is 4.79 Å². The number of anilines is 1. The summed E-state index contributed by atoms with van der Waals surface area (Å²) in [6.07, 6.45) is 8.84. The highest BCUT2D eigenvalue weighted by Crippen LogP contribution is 2.54. The van der Waals surface area contributed by atoms with Gasteiger partial charge in [-0.1, -0.05) is 38.1 Å². The number of nitrogens with zero attached hydrogens (tertiary/aromatic N) is 2. The third-order valence-electron chi connectivity index (χ3n) is 15.6. The third-order valence-corrected chi connectivity index (χ3v) is 19.8. The Kier molecular flexibility index (Phi) is 30.3. The van der Waals surface area contributed by atoms with E-state index in [9.17, 15) is 74.8 Å². The number of unbranched alkanes of at least 4 members (excludes halogenated alkanes) is 2. The summed E-state index contributed by atoms with van der Waals surface area (Å²) in [5.41, 5.74) is -0.573. The molecule has 2 atom stereocenters. The summed E-state index contributed by atoms with van der Waals surface area (Å²) in [6.45, 7) is 7.55. The van der Waals surface area contributed by atoms with Gasteiger partial charge in [-0.25, -0.2) is 42.1 Å². The molecule has 33 heteroatoms. The molecule has 1 N–H and O–H groups in total. The van der Waals surface area contributed by atoms with Crippen molar-refractivity contribution >= 4 is 95.2 Å². The predicted octanol–water partition coefficient (Wildman–Crippen LogP) is 5.15. The molecule has 0 saturated heterocycles. The smallest absolute Gasteiger partial charge is 0.303 e. The van der Waals surface area contributed by atoms with Crippen LogP contribution in [0.2, 0.25) is 0 Å². The molecule has 0 bridgehead atoms. The van der Waals surface area contributed by atoms with Gasteiger partial charge in [0.15, 0.2) is 12.3 Å². The molecular weight excluding hydrogens is 1340 g/mol. The molecule has 0 saturated carbocycles. The second-order valence-corrected chi connectivity index (χ2v) is 29.0. The number of hydrogen-bond acceptors (Lipinski definition) is 26. The number of ether oxygens (including phenoxy) is 9. The topological polar surface area (TPSA) is 413 Å². The Labute approximate surface area is 550 Å². The van der Waals surface area contributed by atoms with Crippen molar-refractivity contribution in [2.75, 3.05) is 144 Å². The van der Waals surface area contributed by atoms with Crippen molar-refractivity contribution in [1.29, 1.82) is 0 Å². The van der Waals surface area contributed by atoms with E-state index < -0.39 is 92.7 Å². The van der Waals surface area contributed by atoms with E-state index in [1.165, 1.54) is 18.2 Å². The van der Waals surface area contributed by atoms with Crippen LogP contribution in [0.15, 0.2) is 104 Å². The summed E-state index contributed by atoms with van der Waals surface area (Å²) in [5.74, 6) is -1.86. The van der Waals surface area contributed by atoms with Crippen molar-refractivity contribution in [2.24, 2.45) is 0 Å². The maximum absolute atomic E-state index is 12.9. The van der Waals surface area contributed by atoms with Gasteiger partial charge in [0.25, 0.3) is 0 Å². The monoisotopic (exact) mass is 1420 g/mol. The molecule has 2 aliphatic heterocycles. The van der Waals surface area contributed by atoms with E-state index in [1.807, 2.05) is 4.90 Å². The molecule has 94 heavy (non-hydrogen) atoms. The molecule has 0 amide bonds. The van der Waals surface area contributed by atoms with E-state index >= 15 is 0 Å². The molecule has 2 aliphatic rings. The molecule has 28 nitrogen and oxygen atoms in total. The van der Waals surface area contributed by atoms with Crippen LogP contribution in [0, 0.1) is 0 Å². The Morgan fingerprint density at radius 2 is 0.989 bits per heavy atom. The number of benzene rings is 4. The van der Waals surface area contributed by atoms with Crippen LogP contribution in [0.3, 0.4) is 0 Å². The van der Waals surface area contributed by atoms with E-state index in [4.69, 9.17) is 42.6 Å². The quantitative estimate of drug-likeness (QED) is 0.0259. The lowest BCUT2D eigenvalue weighted by Gasteiger charge is -2.31.